The van der Waals surface area contributed by atoms with E-state index in [0.717, 1.165) is 11.1 Å². The van der Waals surface area contributed by atoms with Crippen molar-refractivity contribution in [1.29, 1.82) is 0 Å². The Morgan fingerprint density at radius 1 is 0.683 bits per heavy atom. The van der Waals surface area contributed by atoms with Crippen LogP contribution in [0.3, 0.4) is 0 Å². The van der Waals surface area contributed by atoms with Gasteiger partial charge in [-0.3, -0.25) is 9.59 Å². The topological polar surface area (TPSA) is 86.3 Å². The Bertz CT molecular complexity index is 1460. The highest BCUT2D eigenvalue weighted by molar-refractivity contribution is 5.99. The van der Waals surface area contributed by atoms with Crippen molar-refractivity contribution >= 4 is 17.5 Å². The van der Waals surface area contributed by atoms with Crippen LogP contribution in [0.5, 0.6) is 23.0 Å². The third kappa shape index (κ3) is 7.16. The Balaban J connectivity index is 1.81. The van der Waals surface area contributed by atoms with Gasteiger partial charge in [-0.1, -0.05) is 66.7 Å². The zero-order valence-corrected chi connectivity index (χ0v) is 23.6. The first-order chi connectivity index (χ1) is 20.0. The van der Waals surface area contributed by atoms with E-state index in [1.54, 1.807) is 55.5 Å². The molecule has 8 nitrogen and oxygen atoms in total. The second-order valence-electron chi connectivity index (χ2n) is 9.24. The number of hydrogen-bond donors (Lipinski definition) is 1. The van der Waals surface area contributed by atoms with Gasteiger partial charge in [-0.25, -0.2) is 0 Å². The maximum Gasteiger partial charge on any atom is 0.251 e. The average molecular weight is 555 g/mol. The first kappa shape index (κ1) is 29.0. The van der Waals surface area contributed by atoms with Gasteiger partial charge in [0.1, 0.15) is 17.5 Å². The monoisotopic (exact) mass is 554 g/mol. The number of anilines is 1. The molecule has 1 unspecified atom stereocenters. The molecule has 4 rings (SSSR count). The molecule has 0 aliphatic rings. The van der Waals surface area contributed by atoms with Gasteiger partial charge in [0.05, 0.1) is 40.5 Å². The lowest BCUT2D eigenvalue weighted by Gasteiger charge is -2.32. The van der Waals surface area contributed by atoms with Crippen LogP contribution in [0.1, 0.15) is 22.7 Å². The molecule has 0 aliphatic heterocycles. The maximum atomic E-state index is 14.2. The molecule has 41 heavy (non-hydrogen) atoms. The Morgan fingerprint density at radius 3 is 1.93 bits per heavy atom. The standard InChI is InChI=1S/C33H34N2O6/c1-38-26-16-17-27(29(21-26)40-3)34-33(37)32(25-15-18-28(39-2)30(20-25)41-4)35(22-24-13-9-6-10-14-24)31(36)19-23-11-7-5-8-12-23/h5-18,20-21,32H,19,22H2,1-4H3,(H,34,37). The number of ether oxygens (including phenoxy) is 4. The minimum absolute atomic E-state index is 0.122. The number of rotatable bonds is 12. The van der Waals surface area contributed by atoms with E-state index in [2.05, 4.69) is 5.32 Å². The van der Waals surface area contributed by atoms with Crippen molar-refractivity contribution in [3.63, 3.8) is 0 Å². The smallest absolute Gasteiger partial charge is 0.251 e. The van der Waals surface area contributed by atoms with Crippen molar-refractivity contribution in [2.24, 2.45) is 0 Å². The van der Waals surface area contributed by atoms with Gasteiger partial charge in [0.2, 0.25) is 5.91 Å². The van der Waals surface area contributed by atoms with Gasteiger partial charge in [0, 0.05) is 12.6 Å². The molecular weight excluding hydrogens is 520 g/mol. The number of carbonyl (C=O) groups is 2. The molecule has 0 heterocycles. The predicted molar refractivity (Wildman–Crippen MR) is 158 cm³/mol. The average Bonchev–Trinajstić information content (AvgIpc) is 3.01. The van der Waals surface area contributed by atoms with E-state index in [-0.39, 0.29) is 18.9 Å². The zero-order chi connectivity index (χ0) is 29.2. The summed E-state index contributed by atoms with van der Waals surface area (Å²) in [6, 6.07) is 28.4. The van der Waals surface area contributed by atoms with Gasteiger partial charge in [-0.05, 0) is 41.0 Å². The molecular formula is C33H34N2O6. The molecule has 1 atom stereocenters. The Morgan fingerprint density at radius 2 is 1.32 bits per heavy atom. The van der Waals surface area contributed by atoms with E-state index in [0.29, 0.717) is 34.2 Å². The molecule has 0 radical (unpaired) electrons. The van der Waals surface area contributed by atoms with E-state index in [1.165, 1.54) is 14.2 Å². The molecule has 0 aromatic heterocycles. The van der Waals surface area contributed by atoms with E-state index < -0.39 is 11.9 Å². The molecule has 0 fully saturated rings. The predicted octanol–water partition coefficient (Wildman–Crippen LogP) is 5.67. The zero-order valence-electron chi connectivity index (χ0n) is 23.6. The first-order valence-corrected chi connectivity index (χ1v) is 13.1. The lowest BCUT2D eigenvalue weighted by molar-refractivity contribution is -0.139. The summed E-state index contributed by atoms with van der Waals surface area (Å²) in [5, 5.41) is 2.98. The minimum Gasteiger partial charge on any atom is -0.497 e. The van der Waals surface area contributed by atoms with Crippen LogP contribution in [0.4, 0.5) is 5.69 Å². The lowest BCUT2D eigenvalue weighted by atomic mass is 10.0. The fraction of sp³-hybridized carbons (Fsp3) is 0.212. The molecule has 0 bridgehead atoms. The fourth-order valence-electron chi connectivity index (χ4n) is 4.57. The van der Waals surface area contributed by atoms with Gasteiger partial charge < -0.3 is 29.2 Å². The molecule has 4 aromatic rings. The van der Waals surface area contributed by atoms with Crippen molar-refractivity contribution in [3.05, 3.63) is 114 Å². The van der Waals surface area contributed by atoms with E-state index in [4.69, 9.17) is 18.9 Å². The Kier molecular flexibility index (Phi) is 9.83. The van der Waals surface area contributed by atoms with Gasteiger partial charge in [-0.15, -0.1) is 0 Å². The van der Waals surface area contributed by atoms with Crippen molar-refractivity contribution in [2.75, 3.05) is 33.8 Å². The Hall–Kier alpha value is -4.98. The second kappa shape index (κ2) is 13.9. The highest BCUT2D eigenvalue weighted by Gasteiger charge is 2.33. The fourth-order valence-corrected chi connectivity index (χ4v) is 4.57. The van der Waals surface area contributed by atoms with Gasteiger partial charge in [-0.2, -0.15) is 0 Å². The summed E-state index contributed by atoms with van der Waals surface area (Å²) in [5.41, 5.74) is 2.73. The number of nitrogens with one attached hydrogen (secondary N) is 1. The van der Waals surface area contributed by atoms with Crippen molar-refractivity contribution in [3.8, 4) is 23.0 Å². The summed E-state index contributed by atoms with van der Waals surface area (Å²) in [6.45, 7) is 0.207. The van der Waals surface area contributed by atoms with E-state index in [1.807, 2.05) is 60.7 Å². The first-order valence-electron chi connectivity index (χ1n) is 13.1. The summed E-state index contributed by atoms with van der Waals surface area (Å²) < 4.78 is 21.8. The minimum atomic E-state index is -1.02. The summed E-state index contributed by atoms with van der Waals surface area (Å²) in [7, 11) is 6.14. The van der Waals surface area contributed by atoms with E-state index >= 15 is 0 Å². The highest BCUT2D eigenvalue weighted by atomic mass is 16.5. The highest BCUT2D eigenvalue weighted by Crippen LogP contribution is 2.35. The number of amides is 2. The maximum absolute atomic E-state index is 14.2. The molecule has 4 aromatic carbocycles. The van der Waals surface area contributed by atoms with Crippen LogP contribution in [0.25, 0.3) is 0 Å². The molecule has 1 N–H and O–H groups in total. The molecule has 212 valence electrons. The Labute approximate surface area is 240 Å². The van der Waals surface area contributed by atoms with Crippen molar-refractivity contribution in [2.45, 2.75) is 19.0 Å². The molecule has 2 amide bonds. The van der Waals surface area contributed by atoms with E-state index in [9.17, 15) is 9.59 Å². The third-order valence-electron chi connectivity index (χ3n) is 6.66. The summed E-state index contributed by atoms with van der Waals surface area (Å²) in [4.78, 5) is 29.8. The summed E-state index contributed by atoms with van der Waals surface area (Å²) in [6.07, 6.45) is 0.122. The van der Waals surface area contributed by atoms with Crippen LogP contribution >= 0.6 is 0 Å². The van der Waals surface area contributed by atoms with Crippen LogP contribution in [-0.4, -0.2) is 45.2 Å². The largest absolute Gasteiger partial charge is 0.497 e. The number of benzene rings is 4. The third-order valence-corrected chi connectivity index (χ3v) is 6.66. The van der Waals surface area contributed by atoms with Crippen molar-refractivity contribution < 1.29 is 28.5 Å². The normalized spacial score (nSPS) is 11.2. The number of nitrogens with zero attached hydrogens (tertiary/aromatic N) is 1. The van der Waals surface area contributed by atoms with Crippen LogP contribution < -0.4 is 24.3 Å². The molecule has 0 saturated carbocycles. The van der Waals surface area contributed by atoms with Crippen LogP contribution in [0, 0.1) is 0 Å². The summed E-state index contributed by atoms with van der Waals surface area (Å²) in [5.74, 6) is 1.33. The molecule has 0 saturated heterocycles. The molecule has 0 spiro atoms. The number of carbonyl (C=O) groups excluding carboxylic acids is 2. The summed E-state index contributed by atoms with van der Waals surface area (Å²) >= 11 is 0. The van der Waals surface area contributed by atoms with Gasteiger partial charge >= 0.3 is 0 Å². The number of methoxy groups -OCH3 is 4. The molecule has 8 heteroatoms. The SMILES string of the molecule is COc1ccc(NC(=O)C(c2ccc(OC)c(OC)c2)N(Cc2ccccc2)C(=O)Cc2ccccc2)c(OC)c1. The number of hydrogen-bond acceptors (Lipinski definition) is 6. The van der Waals surface area contributed by atoms with Crippen molar-refractivity contribution in [1.82, 2.24) is 4.90 Å². The van der Waals surface area contributed by atoms with Gasteiger partial charge in [0.15, 0.2) is 11.5 Å². The lowest BCUT2D eigenvalue weighted by Crippen LogP contribution is -2.41. The van der Waals surface area contributed by atoms with Gasteiger partial charge in [0.25, 0.3) is 5.91 Å². The second-order valence-corrected chi connectivity index (χ2v) is 9.24. The van der Waals surface area contributed by atoms with Crippen LogP contribution in [-0.2, 0) is 22.6 Å². The van der Waals surface area contributed by atoms with Crippen LogP contribution in [0.15, 0.2) is 97.1 Å². The van der Waals surface area contributed by atoms with Crippen LogP contribution in [0.2, 0.25) is 0 Å². The molecule has 0 aliphatic carbocycles. The quantitative estimate of drug-likeness (QED) is 0.243.